The third-order valence-electron chi connectivity index (χ3n) is 3.44. The molecular weight excluding hydrogens is 278 g/mol. The number of nitrogens with zero attached hydrogens (tertiary/aromatic N) is 3. The molecule has 0 bridgehead atoms. The number of aromatic nitrogens is 3. The van der Waals surface area contributed by atoms with Crippen molar-refractivity contribution >= 4 is 5.91 Å². The molecule has 1 heterocycles. The van der Waals surface area contributed by atoms with Gasteiger partial charge in [0.1, 0.15) is 5.69 Å². The van der Waals surface area contributed by atoms with E-state index in [2.05, 4.69) is 20.9 Å². The first-order valence-corrected chi connectivity index (χ1v) is 7.47. The molecule has 0 fully saturated rings. The van der Waals surface area contributed by atoms with Crippen molar-refractivity contribution < 1.29 is 4.79 Å². The molecule has 22 heavy (non-hydrogen) atoms. The fourth-order valence-corrected chi connectivity index (χ4v) is 2.16. The zero-order valence-corrected chi connectivity index (χ0v) is 13.3. The molecule has 1 aromatic carbocycles. The quantitative estimate of drug-likeness (QED) is 0.762. The Labute approximate surface area is 130 Å². The minimum Gasteiger partial charge on any atom is -0.345 e. The van der Waals surface area contributed by atoms with Crippen LogP contribution in [0.3, 0.4) is 0 Å². The standard InChI is InChI=1S/C16H23N5O/c1-16(2,18-15(22)10-7-11-17-3)14-12-21(20-19-14)13-8-5-4-6-9-13/h4-6,8-9,12,17H,7,10-11H2,1-3H3,(H,18,22). The van der Waals surface area contributed by atoms with Gasteiger partial charge in [-0.25, -0.2) is 4.68 Å². The second-order valence-electron chi connectivity index (χ2n) is 5.76. The molecule has 2 rings (SSSR count). The van der Waals surface area contributed by atoms with Crippen LogP contribution >= 0.6 is 0 Å². The number of hydrogen-bond acceptors (Lipinski definition) is 4. The average molecular weight is 301 g/mol. The summed E-state index contributed by atoms with van der Waals surface area (Å²) in [6.45, 7) is 4.70. The highest BCUT2D eigenvalue weighted by Gasteiger charge is 2.26. The summed E-state index contributed by atoms with van der Waals surface area (Å²) >= 11 is 0. The number of rotatable bonds is 7. The van der Waals surface area contributed by atoms with Crippen LogP contribution in [0, 0.1) is 0 Å². The van der Waals surface area contributed by atoms with Gasteiger partial charge >= 0.3 is 0 Å². The van der Waals surface area contributed by atoms with Gasteiger partial charge in [-0.3, -0.25) is 4.79 Å². The van der Waals surface area contributed by atoms with Gasteiger partial charge < -0.3 is 10.6 Å². The van der Waals surface area contributed by atoms with Crippen molar-refractivity contribution in [2.45, 2.75) is 32.2 Å². The molecule has 1 amide bonds. The van der Waals surface area contributed by atoms with Crippen molar-refractivity contribution in [3.8, 4) is 5.69 Å². The summed E-state index contributed by atoms with van der Waals surface area (Å²) in [4.78, 5) is 12.0. The molecule has 0 atom stereocenters. The number of carbonyl (C=O) groups excluding carboxylic acids is 1. The van der Waals surface area contributed by atoms with Gasteiger partial charge in [0.2, 0.25) is 5.91 Å². The first-order valence-electron chi connectivity index (χ1n) is 7.47. The van der Waals surface area contributed by atoms with Gasteiger partial charge in [-0.1, -0.05) is 23.4 Å². The van der Waals surface area contributed by atoms with Gasteiger partial charge in [0.05, 0.1) is 17.4 Å². The van der Waals surface area contributed by atoms with Crippen molar-refractivity contribution in [1.29, 1.82) is 0 Å². The van der Waals surface area contributed by atoms with Crippen LogP contribution in [0.15, 0.2) is 36.5 Å². The van der Waals surface area contributed by atoms with Crippen LogP contribution in [0.25, 0.3) is 5.69 Å². The number of para-hydroxylation sites is 1. The van der Waals surface area contributed by atoms with Gasteiger partial charge in [-0.2, -0.15) is 0 Å². The van der Waals surface area contributed by atoms with Crippen molar-refractivity contribution in [3.05, 3.63) is 42.2 Å². The second-order valence-corrected chi connectivity index (χ2v) is 5.76. The van der Waals surface area contributed by atoms with E-state index in [1.165, 1.54) is 0 Å². The fourth-order valence-electron chi connectivity index (χ4n) is 2.16. The molecule has 2 N–H and O–H groups in total. The van der Waals surface area contributed by atoms with E-state index in [0.29, 0.717) is 6.42 Å². The normalized spacial score (nSPS) is 11.4. The third kappa shape index (κ3) is 4.14. The molecule has 0 unspecified atom stereocenters. The maximum absolute atomic E-state index is 12.0. The molecule has 118 valence electrons. The van der Waals surface area contributed by atoms with E-state index in [1.54, 1.807) is 4.68 Å². The van der Waals surface area contributed by atoms with Gasteiger partial charge in [-0.15, -0.1) is 5.10 Å². The van der Waals surface area contributed by atoms with Crippen LogP contribution in [0.2, 0.25) is 0 Å². The Morgan fingerprint density at radius 3 is 2.68 bits per heavy atom. The lowest BCUT2D eigenvalue weighted by molar-refractivity contribution is -0.122. The van der Waals surface area contributed by atoms with Crippen molar-refractivity contribution in [2.75, 3.05) is 13.6 Å². The molecule has 0 spiro atoms. The largest absolute Gasteiger partial charge is 0.345 e. The van der Waals surface area contributed by atoms with Crippen molar-refractivity contribution in [1.82, 2.24) is 25.6 Å². The average Bonchev–Trinajstić information content (AvgIpc) is 2.99. The summed E-state index contributed by atoms with van der Waals surface area (Å²) in [6.07, 6.45) is 3.16. The second kappa shape index (κ2) is 7.17. The minimum atomic E-state index is -0.552. The highest BCUT2D eigenvalue weighted by Crippen LogP contribution is 2.18. The van der Waals surface area contributed by atoms with Gasteiger partial charge in [-0.05, 0) is 46.0 Å². The fraction of sp³-hybridized carbons (Fsp3) is 0.438. The number of amides is 1. The van der Waals surface area contributed by atoms with Crippen LogP contribution < -0.4 is 10.6 Å². The van der Waals surface area contributed by atoms with Crippen LogP contribution in [0.1, 0.15) is 32.4 Å². The Morgan fingerprint density at radius 1 is 1.27 bits per heavy atom. The highest BCUT2D eigenvalue weighted by atomic mass is 16.1. The van der Waals surface area contributed by atoms with Crippen LogP contribution in [0.5, 0.6) is 0 Å². The predicted molar refractivity (Wildman–Crippen MR) is 85.7 cm³/mol. The van der Waals surface area contributed by atoms with E-state index < -0.39 is 5.54 Å². The molecule has 0 radical (unpaired) electrons. The molecule has 6 heteroatoms. The lowest BCUT2D eigenvalue weighted by Crippen LogP contribution is -2.41. The lowest BCUT2D eigenvalue weighted by atomic mass is 10.0. The van der Waals surface area contributed by atoms with Crippen LogP contribution in [-0.2, 0) is 10.3 Å². The predicted octanol–water partition coefficient (Wildman–Crippen LogP) is 1.62. The molecule has 1 aromatic heterocycles. The summed E-state index contributed by atoms with van der Waals surface area (Å²) in [5, 5.41) is 14.4. The maximum Gasteiger partial charge on any atom is 0.220 e. The van der Waals surface area contributed by atoms with Crippen LogP contribution in [-0.4, -0.2) is 34.5 Å². The van der Waals surface area contributed by atoms with Gasteiger partial charge in [0, 0.05) is 6.42 Å². The first-order chi connectivity index (χ1) is 10.5. The SMILES string of the molecule is CNCCCC(=O)NC(C)(C)c1cn(-c2ccccc2)nn1. The Balaban J connectivity index is 2.04. The Kier molecular flexibility index (Phi) is 5.27. The summed E-state index contributed by atoms with van der Waals surface area (Å²) in [5.74, 6) is 0.0227. The summed E-state index contributed by atoms with van der Waals surface area (Å²) < 4.78 is 1.71. The van der Waals surface area contributed by atoms with Crippen molar-refractivity contribution in [3.63, 3.8) is 0 Å². The number of benzene rings is 1. The molecule has 0 aliphatic heterocycles. The molecule has 0 aliphatic carbocycles. The molecule has 2 aromatic rings. The summed E-state index contributed by atoms with van der Waals surface area (Å²) in [5.41, 5.74) is 1.12. The number of nitrogens with one attached hydrogen (secondary N) is 2. The molecule has 0 saturated heterocycles. The number of carbonyl (C=O) groups is 1. The summed E-state index contributed by atoms with van der Waals surface area (Å²) in [6, 6.07) is 9.77. The molecule has 0 aliphatic rings. The van der Waals surface area contributed by atoms with Gasteiger partial charge in [0.25, 0.3) is 0 Å². The van der Waals surface area contributed by atoms with Gasteiger partial charge in [0.15, 0.2) is 0 Å². The van der Waals surface area contributed by atoms with E-state index in [9.17, 15) is 4.79 Å². The topological polar surface area (TPSA) is 71.8 Å². The summed E-state index contributed by atoms with van der Waals surface area (Å²) in [7, 11) is 1.88. The molecule has 0 saturated carbocycles. The Morgan fingerprint density at radius 2 is 2.00 bits per heavy atom. The third-order valence-corrected chi connectivity index (χ3v) is 3.44. The number of hydrogen-bond donors (Lipinski definition) is 2. The van der Waals surface area contributed by atoms with E-state index in [-0.39, 0.29) is 5.91 Å². The van der Waals surface area contributed by atoms with Crippen LogP contribution in [0.4, 0.5) is 0 Å². The first kappa shape index (κ1) is 16.2. The van der Waals surface area contributed by atoms with E-state index >= 15 is 0 Å². The monoisotopic (exact) mass is 301 g/mol. The van der Waals surface area contributed by atoms with E-state index in [4.69, 9.17) is 0 Å². The minimum absolute atomic E-state index is 0.0227. The zero-order valence-electron chi connectivity index (χ0n) is 13.3. The van der Waals surface area contributed by atoms with Crippen molar-refractivity contribution in [2.24, 2.45) is 0 Å². The van der Waals surface area contributed by atoms with E-state index in [0.717, 1.165) is 24.3 Å². The smallest absolute Gasteiger partial charge is 0.220 e. The highest BCUT2D eigenvalue weighted by molar-refractivity contribution is 5.76. The Hall–Kier alpha value is -2.21. The molecule has 6 nitrogen and oxygen atoms in total. The maximum atomic E-state index is 12.0. The molecular formula is C16H23N5O. The Bertz CT molecular complexity index is 606. The lowest BCUT2D eigenvalue weighted by Gasteiger charge is -2.23. The zero-order chi connectivity index (χ0) is 16.0. The van der Waals surface area contributed by atoms with E-state index in [1.807, 2.05) is 57.4 Å².